The molecule has 0 aliphatic heterocycles. The van der Waals surface area contributed by atoms with E-state index in [0.29, 0.717) is 13.0 Å². The molecule has 0 saturated heterocycles. The monoisotopic (exact) mass is 296 g/mol. The quantitative estimate of drug-likeness (QED) is 0.544. The van der Waals surface area contributed by atoms with Crippen molar-refractivity contribution >= 4 is 17.3 Å². The molecular weight excluding hydrogens is 280 g/mol. The molecule has 21 heavy (non-hydrogen) atoms. The molecule has 0 amide bonds. The van der Waals surface area contributed by atoms with Crippen LogP contribution in [0, 0.1) is 11.3 Å². The minimum atomic E-state index is 0.554. The average molecular weight is 297 g/mol. The zero-order valence-electron chi connectivity index (χ0n) is 11.8. The van der Waals surface area contributed by atoms with Gasteiger partial charge in [-0.15, -0.1) is 0 Å². The zero-order valence-corrected chi connectivity index (χ0v) is 12.6. The number of halogens is 1. The molecule has 3 heteroatoms. The SMILES string of the molecule is N#CCCCC(=NCc1ccccc1)c1ccc(Cl)cc1. The van der Waals surface area contributed by atoms with E-state index < -0.39 is 0 Å². The van der Waals surface area contributed by atoms with Crippen LogP contribution in [-0.4, -0.2) is 5.71 Å². The van der Waals surface area contributed by atoms with Gasteiger partial charge in [-0.05, 0) is 36.1 Å². The van der Waals surface area contributed by atoms with Crippen molar-refractivity contribution in [1.29, 1.82) is 5.26 Å². The maximum absolute atomic E-state index is 8.69. The summed E-state index contributed by atoms with van der Waals surface area (Å²) in [6.07, 6.45) is 2.19. The standard InChI is InChI=1S/C18H17ClN2/c19-17-11-9-16(10-12-17)18(8-4-5-13-20)21-14-15-6-2-1-3-7-15/h1-3,6-7,9-12H,4-5,8,14H2. The Labute approximate surface area is 130 Å². The van der Waals surface area contributed by atoms with Crippen LogP contribution in [0.4, 0.5) is 0 Å². The maximum Gasteiger partial charge on any atom is 0.0643 e. The highest BCUT2D eigenvalue weighted by molar-refractivity contribution is 6.30. The van der Waals surface area contributed by atoms with Crippen molar-refractivity contribution in [1.82, 2.24) is 0 Å². The van der Waals surface area contributed by atoms with Crippen LogP contribution in [0.2, 0.25) is 5.02 Å². The van der Waals surface area contributed by atoms with E-state index in [1.807, 2.05) is 42.5 Å². The molecule has 0 aliphatic carbocycles. The van der Waals surface area contributed by atoms with Crippen LogP contribution in [-0.2, 0) is 6.54 Å². The lowest BCUT2D eigenvalue weighted by molar-refractivity contribution is 0.892. The molecule has 2 rings (SSSR count). The van der Waals surface area contributed by atoms with Crippen LogP contribution < -0.4 is 0 Å². The normalized spacial score (nSPS) is 11.1. The van der Waals surface area contributed by atoms with Crippen molar-refractivity contribution in [3.63, 3.8) is 0 Å². The van der Waals surface area contributed by atoms with E-state index in [1.54, 1.807) is 0 Å². The lowest BCUT2D eigenvalue weighted by atomic mass is 10.0. The summed E-state index contributed by atoms with van der Waals surface area (Å²) in [7, 11) is 0. The Morgan fingerprint density at radius 3 is 2.43 bits per heavy atom. The molecule has 0 aliphatic rings. The Bertz CT molecular complexity index is 625. The lowest BCUT2D eigenvalue weighted by Gasteiger charge is -2.07. The van der Waals surface area contributed by atoms with Crippen molar-refractivity contribution in [2.45, 2.75) is 25.8 Å². The highest BCUT2D eigenvalue weighted by atomic mass is 35.5. The molecule has 0 saturated carbocycles. The Morgan fingerprint density at radius 2 is 1.76 bits per heavy atom. The summed E-state index contributed by atoms with van der Waals surface area (Å²) in [6.45, 7) is 0.658. The Kier molecular flexibility index (Phi) is 5.99. The predicted molar refractivity (Wildman–Crippen MR) is 87.6 cm³/mol. The van der Waals surface area contributed by atoms with E-state index in [1.165, 1.54) is 5.56 Å². The number of unbranched alkanes of at least 4 members (excludes halogenated alkanes) is 1. The number of hydrogen-bond acceptors (Lipinski definition) is 2. The van der Waals surface area contributed by atoms with Crippen LogP contribution in [0.25, 0.3) is 0 Å². The first-order valence-electron chi connectivity index (χ1n) is 7.00. The summed E-state index contributed by atoms with van der Waals surface area (Å²) in [6, 6.07) is 20.1. The summed E-state index contributed by atoms with van der Waals surface area (Å²) in [5.41, 5.74) is 3.29. The molecule has 2 nitrogen and oxygen atoms in total. The second-order valence-corrected chi connectivity index (χ2v) is 5.20. The van der Waals surface area contributed by atoms with Gasteiger partial charge >= 0.3 is 0 Å². The average Bonchev–Trinajstić information content (AvgIpc) is 2.53. The molecule has 0 heterocycles. The number of nitriles is 1. The molecule has 0 fully saturated rings. The van der Waals surface area contributed by atoms with E-state index in [9.17, 15) is 0 Å². The molecule has 106 valence electrons. The third kappa shape index (κ3) is 5.06. The molecule has 2 aromatic rings. The van der Waals surface area contributed by atoms with Crippen LogP contribution in [0.15, 0.2) is 59.6 Å². The lowest BCUT2D eigenvalue weighted by Crippen LogP contribution is -2.02. The molecule has 0 spiro atoms. The van der Waals surface area contributed by atoms with E-state index in [2.05, 4.69) is 18.2 Å². The van der Waals surface area contributed by atoms with Gasteiger partial charge in [0.25, 0.3) is 0 Å². The first-order valence-corrected chi connectivity index (χ1v) is 7.37. The molecule has 0 bridgehead atoms. The second kappa shape index (κ2) is 8.24. The van der Waals surface area contributed by atoms with Crippen LogP contribution in [0.1, 0.15) is 30.4 Å². The third-order valence-corrected chi connectivity index (χ3v) is 3.43. The largest absolute Gasteiger partial charge is 0.284 e. The summed E-state index contributed by atoms with van der Waals surface area (Å²) < 4.78 is 0. The molecule has 0 N–H and O–H groups in total. The van der Waals surface area contributed by atoms with Crippen molar-refractivity contribution in [3.05, 3.63) is 70.7 Å². The fraction of sp³-hybridized carbons (Fsp3) is 0.222. The van der Waals surface area contributed by atoms with Gasteiger partial charge in [0.15, 0.2) is 0 Å². The molecule has 0 radical (unpaired) electrons. The topological polar surface area (TPSA) is 36.1 Å². The van der Waals surface area contributed by atoms with Crippen LogP contribution >= 0.6 is 11.6 Å². The first kappa shape index (κ1) is 15.3. The Hall–Kier alpha value is -2.11. The molecule has 0 aromatic heterocycles. The van der Waals surface area contributed by atoms with Gasteiger partial charge in [0, 0.05) is 17.2 Å². The van der Waals surface area contributed by atoms with Gasteiger partial charge in [-0.3, -0.25) is 4.99 Å². The number of rotatable bonds is 6. The Morgan fingerprint density at radius 1 is 1.05 bits per heavy atom. The van der Waals surface area contributed by atoms with E-state index >= 15 is 0 Å². The highest BCUT2D eigenvalue weighted by Gasteiger charge is 2.04. The van der Waals surface area contributed by atoms with Gasteiger partial charge in [0.05, 0.1) is 12.6 Å². The number of aliphatic imine (C=N–C) groups is 1. The summed E-state index contributed by atoms with van der Waals surface area (Å²) in [5, 5.41) is 9.41. The number of benzene rings is 2. The minimum absolute atomic E-state index is 0.554. The van der Waals surface area contributed by atoms with E-state index in [0.717, 1.165) is 29.1 Å². The smallest absolute Gasteiger partial charge is 0.0643 e. The zero-order chi connectivity index (χ0) is 14.9. The molecular formula is C18H17ClN2. The van der Waals surface area contributed by atoms with Gasteiger partial charge in [0.2, 0.25) is 0 Å². The maximum atomic E-state index is 8.69. The summed E-state index contributed by atoms with van der Waals surface area (Å²) in [4.78, 5) is 4.73. The third-order valence-electron chi connectivity index (χ3n) is 3.17. The highest BCUT2D eigenvalue weighted by Crippen LogP contribution is 2.14. The summed E-state index contributed by atoms with van der Waals surface area (Å²) in [5.74, 6) is 0. The summed E-state index contributed by atoms with van der Waals surface area (Å²) >= 11 is 5.93. The van der Waals surface area contributed by atoms with Crippen molar-refractivity contribution < 1.29 is 0 Å². The van der Waals surface area contributed by atoms with Crippen molar-refractivity contribution in [3.8, 4) is 6.07 Å². The molecule has 0 unspecified atom stereocenters. The Balaban J connectivity index is 2.15. The second-order valence-electron chi connectivity index (χ2n) is 4.77. The van der Waals surface area contributed by atoms with E-state index in [4.69, 9.17) is 21.9 Å². The van der Waals surface area contributed by atoms with Crippen LogP contribution in [0.5, 0.6) is 0 Å². The number of nitrogens with zero attached hydrogens (tertiary/aromatic N) is 2. The fourth-order valence-corrected chi connectivity index (χ4v) is 2.19. The molecule has 2 aromatic carbocycles. The fourth-order valence-electron chi connectivity index (χ4n) is 2.06. The van der Waals surface area contributed by atoms with Crippen molar-refractivity contribution in [2.75, 3.05) is 0 Å². The van der Waals surface area contributed by atoms with Crippen molar-refractivity contribution in [2.24, 2.45) is 4.99 Å². The van der Waals surface area contributed by atoms with Gasteiger partial charge in [-0.25, -0.2) is 0 Å². The number of hydrogen-bond donors (Lipinski definition) is 0. The van der Waals surface area contributed by atoms with Gasteiger partial charge in [-0.2, -0.15) is 5.26 Å². The first-order chi connectivity index (χ1) is 10.3. The van der Waals surface area contributed by atoms with Gasteiger partial charge < -0.3 is 0 Å². The predicted octanol–water partition coefficient (Wildman–Crippen LogP) is 5.02. The van der Waals surface area contributed by atoms with E-state index in [-0.39, 0.29) is 0 Å². The minimum Gasteiger partial charge on any atom is -0.284 e. The molecule has 0 atom stereocenters. The van der Waals surface area contributed by atoms with Gasteiger partial charge in [0.1, 0.15) is 0 Å². The van der Waals surface area contributed by atoms with Crippen LogP contribution in [0.3, 0.4) is 0 Å². The van der Waals surface area contributed by atoms with Gasteiger partial charge in [-0.1, -0.05) is 54.1 Å².